The Bertz CT molecular complexity index is 1440. The number of para-hydroxylation sites is 1. The molecular formula is C27H28N2O6. The van der Waals surface area contributed by atoms with Crippen LogP contribution in [-0.2, 0) is 22.5 Å². The smallest absolute Gasteiger partial charge is 0.306 e. The summed E-state index contributed by atoms with van der Waals surface area (Å²) in [5.74, 6) is -1.41. The summed E-state index contributed by atoms with van der Waals surface area (Å²) in [6.45, 7) is 2.16. The van der Waals surface area contributed by atoms with E-state index in [-0.39, 0.29) is 34.8 Å². The van der Waals surface area contributed by atoms with Gasteiger partial charge in [-0.1, -0.05) is 24.3 Å². The maximum absolute atomic E-state index is 13.7. The molecule has 0 fully saturated rings. The van der Waals surface area contributed by atoms with Crippen molar-refractivity contribution in [3.63, 3.8) is 0 Å². The molecule has 0 unspecified atom stereocenters. The molecule has 2 aromatic heterocycles. The number of fused-ring (bicyclic) bond motifs is 1. The van der Waals surface area contributed by atoms with E-state index in [1.165, 1.54) is 26.4 Å². The van der Waals surface area contributed by atoms with Gasteiger partial charge < -0.3 is 29.2 Å². The van der Waals surface area contributed by atoms with E-state index in [4.69, 9.17) is 9.47 Å². The largest absolute Gasteiger partial charge is 0.507 e. The molecule has 4 aromatic rings. The highest BCUT2D eigenvalue weighted by atomic mass is 16.5. The Morgan fingerprint density at radius 2 is 1.86 bits per heavy atom. The van der Waals surface area contributed by atoms with E-state index in [0.29, 0.717) is 24.2 Å². The summed E-state index contributed by atoms with van der Waals surface area (Å²) < 4.78 is 11.7. The average Bonchev–Trinajstić information content (AvgIpc) is 3.26. The van der Waals surface area contributed by atoms with Crippen LogP contribution in [0.4, 0.5) is 0 Å². The number of H-pyrrole nitrogens is 1. The van der Waals surface area contributed by atoms with Crippen molar-refractivity contribution < 1.29 is 24.5 Å². The van der Waals surface area contributed by atoms with Crippen LogP contribution in [-0.4, -0.2) is 40.0 Å². The molecule has 0 saturated carbocycles. The number of esters is 1. The van der Waals surface area contributed by atoms with Crippen molar-refractivity contribution in [3.05, 3.63) is 87.5 Å². The van der Waals surface area contributed by atoms with Gasteiger partial charge in [0.05, 0.1) is 26.2 Å². The molecule has 3 N–H and O–H groups in total. The molecule has 0 spiro atoms. The fourth-order valence-electron chi connectivity index (χ4n) is 4.49. The van der Waals surface area contributed by atoms with E-state index in [9.17, 15) is 19.8 Å². The Morgan fingerprint density at radius 1 is 1.09 bits per heavy atom. The van der Waals surface area contributed by atoms with Crippen molar-refractivity contribution in [2.45, 2.75) is 32.2 Å². The van der Waals surface area contributed by atoms with Gasteiger partial charge in [0, 0.05) is 35.3 Å². The van der Waals surface area contributed by atoms with Gasteiger partial charge >= 0.3 is 5.97 Å². The number of aromatic amines is 1. The predicted molar refractivity (Wildman–Crippen MR) is 132 cm³/mol. The Hall–Kier alpha value is -4.20. The van der Waals surface area contributed by atoms with Gasteiger partial charge in [-0.2, -0.15) is 0 Å². The minimum absolute atomic E-state index is 0.0719. The maximum Gasteiger partial charge on any atom is 0.306 e. The number of ether oxygens (including phenoxy) is 2. The van der Waals surface area contributed by atoms with Crippen LogP contribution in [0.5, 0.6) is 17.2 Å². The van der Waals surface area contributed by atoms with Crippen LogP contribution < -0.4 is 10.3 Å². The molecule has 8 nitrogen and oxygen atoms in total. The van der Waals surface area contributed by atoms with Crippen molar-refractivity contribution in [1.82, 2.24) is 9.55 Å². The standard InChI is InChI=1S/C27H28N2O6/c1-16-12-23(31)26(20(14-25(32)35-3)17-8-9-22(30)24(13-17)34-2)27(33)29(16)11-10-18-15-28-21-7-5-4-6-19(18)21/h4-9,12-13,15,20,28,30-31H,10-11,14H2,1-3H3/t20-/m0/s1. The van der Waals surface area contributed by atoms with Gasteiger partial charge in [-0.05, 0) is 48.7 Å². The fraction of sp³-hybridized carbons (Fsp3) is 0.259. The van der Waals surface area contributed by atoms with E-state index in [1.54, 1.807) is 23.6 Å². The summed E-state index contributed by atoms with van der Waals surface area (Å²) in [5.41, 5.74) is 2.95. The van der Waals surface area contributed by atoms with Crippen molar-refractivity contribution in [1.29, 1.82) is 0 Å². The number of carbonyl (C=O) groups excluding carboxylic acids is 1. The van der Waals surface area contributed by atoms with E-state index in [0.717, 1.165) is 16.5 Å². The van der Waals surface area contributed by atoms with Crippen LogP contribution >= 0.6 is 0 Å². The van der Waals surface area contributed by atoms with Gasteiger partial charge in [0.2, 0.25) is 0 Å². The van der Waals surface area contributed by atoms with Gasteiger partial charge in [0.15, 0.2) is 11.5 Å². The number of aryl methyl sites for hydroxylation is 2. The third-order valence-corrected chi connectivity index (χ3v) is 6.36. The third kappa shape index (κ3) is 4.73. The van der Waals surface area contributed by atoms with Gasteiger partial charge in [0.25, 0.3) is 5.56 Å². The number of hydrogen-bond acceptors (Lipinski definition) is 6. The topological polar surface area (TPSA) is 114 Å². The first kappa shape index (κ1) is 23.9. The number of pyridine rings is 1. The number of aromatic hydroxyl groups is 2. The Labute approximate surface area is 202 Å². The molecule has 0 saturated heterocycles. The first-order valence-electron chi connectivity index (χ1n) is 11.3. The first-order chi connectivity index (χ1) is 16.8. The van der Waals surface area contributed by atoms with Gasteiger partial charge in [0.1, 0.15) is 5.75 Å². The van der Waals surface area contributed by atoms with Crippen molar-refractivity contribution in [2.24, 2.45) is 0 Å². The zero-order chi connectivity index (χ0) is 25.1. The van der Waals surface area contributed by atoms with Gasteiger partial charge in [-0.3, -0.25) is 9.59 Å². The second-order valence-electron chi connectivity index (χ2n) is 8.42. The minimum Gasteiger partial charge on any atom is -0.507 e. The molecule has 0 aliphatic rings. The lowest BCUT2D eigenvalue weighted by molar-refractivity contribution is -0.140. The molecule has 1 atom stereocenters. The lowest BCUT2D eigenvalue weighted by Gasteiger charge is -2.21. The van der Waals surface area contributed by atoms with Crippen LogP contribution in [0.25, 0.3) is 10.9 Å². The predicted octanol–water partition coefficient (Wildman–Crippen LogP) is 4.00. The van der Waals surface area contributed by atoms with E-state index in [1.807, 2.05) is 30.5 Å². The number of aromatic nitrogens is 2. The van der Waals surface area contributed by atoms with Crippen LogP contribution in [0.1, 0.15) is 34.7 Å². The highest BCUT2D eigenvalue weighted by Crippen LogP contribution is 2.36. The van der Waals surface area contributed by atoms with Crippen LogP contribution in [0.2, 0.25) is 0 Å². The number of carbonyl (C=O) groups is 1. The zero-order valence-electron chi connectivity index (χ0n) is 19.9. The number of nitrogens with one attached hydrogen (secondary N) is 1. The number of benzene rings is 2. The molecule has 182 valence electrons. The van der Waals surface area contributed by atoms with E-state index >= 15 is 0 Å². The number of nitrogens with zero attached hydrogens (tertiary/aromatic N) is 1. The number of rotatable bonds is 8. The summed E-state index contributed by atoms with van der Waals surface area (Å²) in [6.07, 6.45) is 2.37. The number of phenols is 1. The third-order valence-electron chi connectivity index (χ3n) is 6.36. The normalized spacial score (nSPS) is 12.0. The summed E-state index contributed by atoms with van der Waals surface area (Å²) in [7, 11) is 2.68. The number of phenolic OH excluding ortho intramolecular Hbond substituents is 1. The summed E-state index contributed by atoms with van der Waals surface area (Å²) in [6, 6.07) is 14.1. The Morgan fingerprint density at radius 3 is 2.60 bits per heavy atom. The minimum atomic E-state index is -0.801. The molecule has 2 heterocycles. The maximum atomic E-state index is 13.7. The van der Waals surface area contributed by atoms with E-state index < -0.39 is 11.9 Å². The van der Waals surface area contributed by atoms with Crippen molar-refractivity contribution >= 4 is 16.9 Å². The molecule has 0 aliphatic heterocycles. The molecule has 2 aromatic carbocycles. The van der Waals surface area contributed by atoms with Gasteiger partial charge in [-0.25, -0.2) is 0 Å². The Kier molecular flexibility index (Phi) is 6.82. The second-order valence-corrected chi connectivity index (χ2v) is 8.42. The molecular weight excluding hydrogens is 448 g/mol. The number of hydrogen-bond donors (Lipinski definition) is 3. The molecule has 0 amide bonds. The lowest BCUT2D eigenvalue weighted by Crippen LogP contribution is -2.29. The summed E-state index contributed by atoms with van der Waals surface area (Å²) in [4.78, 5) is 29.2. The Balaban J connectivity index is 1.77. The molecule has 0 radical (unpaired) electrons. The van der Waals surface area contributed by atoms with Crippen LogP contribution in [0, 0.1) is 6.92 Å². The highest BCUT2D eigenvalue weighted by molar-refractivity contribution is 5.83. The summed E-state index contributed by atoms with van der Waals surface area (Å²) >= 11 is 0. The van der Waals surface area contributed by atoms with Crippen molar-refractivity contribution in [2.75, 3.05) is 14.2 Å². The zero-order valence-corrected chi connectivity index (χ0v) is 19.9. The number of methoxy groups -OCH3 is 2. The SMILES string of the molecule is COC(=O)C[C@@H](c1ccc(O)c(OC)c1)c1c(O)cc(C)n(CCc2c[nH]c3ccccc23)c1=O. The lowest BCUT2D eigenvalue weighted by atomic mass is 9.88. The average molecular weight is 477 g/mol. The fourth-order valence-corrected chi connectivity index (χ4v) is 4.49. The monoisotopic (exact) mass is 476 g/mol. The van der Waals surface area contributed by atoms with Gasteiger partial charge in [-0.15, -0.1) is 0 Å². The van der Waals surface area contributed by atoms with Crippen LogP contribution in [0.3, 0.4) is 0 Å². The molecule has 35 heavy (non-hydrogen) atoms. The molecule has 0 bridgehead atoms. The second kappa shape index (κ2) is 9.97. The quantitative estimate of drug-likeness (QED) is 0.331. The van der Waals surface area contributed by atoms with E-state index in [2.05, 4.69) is 4.98 Å². The van der Waals surface area contributed by atoms with Crippen LogP contribution in [0.15, 0.2) is 59.5 Å². The highest BCUT2D eigenvalue weighted by Gasteiger charge is 2.27. The summed E-state index contributed by atoms with van der Waals surface area (Å²) in [5, 5.41) is 21.9. The molecule has 8 heteroatoms. The molecule has 4 rings (SSSR count). The first-order valence-corrected chi connectivity index (χ1v) is 11.3. The van der Waals surface area contributed by atoms with Crippen molar-refractivity contribution in [3.8, 4) is 17.2 Å². The molecule has 0 aliphatic carbocycles.